The first-order chi connectivity index (χ1) is 11.8. The molecule has 0 N–H and O–H groups in total. The molecule has 7 heteroatoms. The number of nitrogens with zero attached hydrogens (tertiary/aromatic N) is 2. The van der Waals surface area contributed by atoms with E-state index < -0.39 is 5.92 Å². The van der Waals surface area contributed by atoms with Gasteiger partial charge in [-0.05, 0) is 32.3 Å². The van der Waals surface area contributed by atoms with E-state index in [1.54, 1.807) is 0 Å². The molecule has 0 aromatic carbocycles. The molecule has 0 unspecified atom stereocenters. The van der Waals surface area contributed by atoms with Crippen LogP contribution in [0.25, 0.3) is 0 Å². The molecule has 0 radical (unpaired) electrons. The van der Waals surface area contributed by atoms with Crippen molar-refractivity contribution in [3.05, 3.63) is 27.1 Å². The molecule has 4 rings (SSSR count). The third-order valence-corrected chi connectivity index (χ3v) is 6.65. The van der Waals surface area contributed by atoms with E-state index in [1.165, 1.54) is 16.2 Å². The minimum absolute atomic E-state index is 0.217. The molecule has 1 aromatic rings. The van der Waals surface area contributed by atoms with Crippen molar-refractivity contribution in [2.24, 2.45) is 11.8 Å². The zero-order valence-corrected chi connectivity index (χ0v) is 15.5. The van der Waals surface area contributed by atoms with Gasteiger partial charge in [0.05, 0.1) is 29.6 Å². The van der Waals surface area contributed by atoms with Crippen molar-refractivity contribution in [3.8, 4) is 6.07 Å². The lowest BCUT2D eigenvalue weighted by Crippen LogP contribution is -2.32. The predicted molar refractivity (Wildman–Crippen MR) is 94.2 cm³/mol. The Morgan fingerprint density at radius 3 is 2.80 bits per heavy atom. The van der Waals surface area contributed by atoms with E-state index >= 15 is 0 Å². The summed E-state index contributed by atoms with van der Waals surface area (Å²) in [7, 11) is 0. The van der Waals surface area contributed by atoms with Crippen LogP contribution in [0, 0.1) is 23.2 Å². The van der Waals surface area contributed by atoms with Crippen molar-refractivity contribution < 1.29 is 14.3 Å². The van der Waals surface area contributed by atoms with E-state index in [1.807, 2.05) is 19.9 Å². The fraction of sp³-hybridized carbons (Fsp3) is 0.500. The number of anilines is 1. The number of carbonyl (C=O) groups is 2. The van der Waals surface area contributed by atoms with Crippen LogP contribution in [0.2, 0.25) is 0 Å². The predicted octanol–water partition coefficient (Wildman–Crippen LogP) is 3.49. The van der Waals surface area contributed by atoms with Crippen LogP contribution in [0.4, 0.5) is 5.00 Å². The zero-order chi connectivity index (χ0) is 17.9. The highest BCUT2D eigenvalue weighted by atomic mass is 35.5. The number of imide groups is 1. The second-order valence-corrected chi connectivity index (χ2v) is 8.91. The number of halogens is 1. The molecule has 5 nitrogen and oxygen atoms in total. The fourth-order valence-corrected chi connectivity index (χ4v) is 5.29. The third kappa shape index (κ3) is 2.53. The number of hydrogen-bond donors (Lipinski definition) is 0. The Bertz CT molecular complexity index is 864. The second-order valence-electron chi connectivity index (χ2n) is 7.34. The van der Waals surface area contributed by atoms with Crippen molar-refractivity contribution in [1.29, 1.82) is 5.26 Å². The maximum Gasteiger partial charge on any atom is 0.238 e. The van der Waals surface area contributed by atoms with Crippen LogP contribution >= 0.6 is 22.9 Å². The summed E-state index contributed by atoms with van der Waals surface area (Å²) in [6.07, 6.45) is 3.29. The van der Waals surface area contributed by atoms with Gasteiger partial charge in [0.15, 0.2) is 0 Å². The van der Waals surface area contributed by atoms with Gasteiger partial charge in [0, 0.05) is 16.3 Å². The maximum atomic E-state index is 12.9. The average Bonchev–Trinajstić information content (AvgIpc) is 3.01. The molecule has 1 fully saturated rings. The molecule has 0 bridgehead atoms. The largest absolute Gasteiger partial charge is 0.370 e. The van der Waals surface area contributed by atoms with Gasteiger partial charge in [-0.1, -0.05) is 17.7 Å². The zero-order valence-electron chi connectivity index (χ0n) is 14.0. The molecule has 0 saturated carbocycles. The summed E-state index contributed by atoms with van der Waals surface area (Å²) in [4.78, 5) is 27.9. The lowest BCUT2D eigenvalue weighted by atomic mass is 9.85. The van der Waals surface area contributed by atoms with Gasteiger partial charge in [-0.3, -0.25) is 9.59 Å². The first kappa shape index (κ1) is 16.8. The number of allylic oxidation sites excluding steroid dienone is 2. The molecule has 1 saturated heterocycles. The third-order valence-electron chi connectivity index (χ3n) is 5.15. The molecule has 130 valence electrons. The van der Waals surface area contributed by atoms with Gasteiger partial charge in [0.2, 0.25) is 11.8 Å². The van der Waals surface area contributed by atoms with E-state index in [-0.39, 0.29) is 23.3 Å². The number of ether oxygens (including phenoxy) is 1. The molecule has 1 aromatic heterocycles. The number of nitriles is 1. The number of fused-ring (bicyclic) bond motifs is 2. The van der Waals surface area contributed by atoms with Gasteiger partial charge in [-0.2, -0.15) is 5.26 Å². The highest BCUT2D eigenvalue weighted by molar-refractivity contribution is 7.17. The minimum atomic E-state index is -0.414. The molecule has 25 heavy (non-hydrogen) atoms. The van der Waals surface area contributed by atoms with Crippen molar-refractivity contribution >= 4 is 39.8 Å². The molecule has 0 spiro atoms. The molecule has 1 aliphatic carbocycles. The van der Waals surface area contributed by atoms with Gasteiger partial charge >= 0.3 is 0 Å². The van der Waals surface area contributed by atoms with E-state index in [4.69, 9.17) is 16.3 Å². The first-order valence-corrected chi connectivity index (χ1v) is 9.43. The smallest absolute Gasteiger partial charge is 0.238 e. The van der Waals surface area contributed by atoms with Gasteiger partial charge in [-0.15, -0.1) is 11.3 Å². The van der Waals surface area contributed by atoms with Gasteiger partial charge in [0.25, 0.3) is 0 Å². The van der Waals surface area contributed by atoms with Crippen molar-refractivity contribution in [3.63, 3.8) is 0 Å². The SMILES string of the molecule is CC1(C)Cc2c(sc(N3C(=O)[C@H]4CC(Cl)=CC[C@H]4C3=O)c2C#N)CO1. The summed E-state index contributed by atoms with van der Waals surface area (Å²) in [5.74, 6) is -1.24. The van der Waals surface area contributed by atoms with Crippen LogP contribution in [0.5, 0.6) is 0 Å². The van der Waals surface area contributed by atoms with Crippen molar-refractivity contribution in [2.45, 2.75) is 45.3 Å². The highest BCUT2D eigenvalue weighted by Gasteiger charge is 2.50. The Balaban J connectivity index is 1.77. The van der Waals surface area contributed by atoms with Crippen LogP contribution < -0.4 is 4.90 Å². The van der Waals surface area contributed by atoms with Crippen molar-refractivity contribution in [2.75, 3.05) is 4.90 Å². The Labute approximate surface area is 154 Å². The summed E-state index contributed by atoms with van der Waals surface area (Å²) in [5, 5.41) is 10.8. The molecule has 2 aliphatic heterocycles. The van der Waals surface area contributed by atoms with Gasteiger partial charge in [0.1, 0.15) is 11.1 Å². The monoisotopic (exact) mass is 376 g/mol. The van der Waals surface area contributed by atoms with Gasteiger partial charge < -0.3 is 4.74 Å². The number of amides is 2. The lowest BCUT2D eigenvalue weighted by Gasteiger charge is -2.29. The van der Waals surface area contributed by atoms with Crippen LogP contribution in [0.1, 0.15) is 42.7 Å². The molecule has 3 heterocycles. The average molecular weight is 377 g/mol. The summed E-state index contributed by atoms with van der Waals surface area (Å²) in [6.45, 7) is 4.35. The van der Waals surface area contributed by atoms with E-state index in [2.05, 4.69) is 6.07 Å². The van der Waals surface area contributed by atoms with Crippen LogP contribution in [-0.4, -0.2) is 17.4 Å². The Morgan fingerprint density at radius 1 is 1.36 bits per heavy atom. The number of carbonyl (C=O) groups excluding carboxylic acids is 2. The second kappa shape index (κ2) is 5.66. The lowest BCUT2D eigenvalue weighted by molar-refractivity contribution is -0.122. The maximum absolute atomic E-state index is 12.9. The Hall–Kier alpha value is -1.68. The number of hydrogen-bond acceptors (Lipinski definition) is 5. The van der Waals surface area contributed by atoms with E-state index in [0.29, 0.717) is 41.5 Å². The summed E-state index contributed by atoms with van der Waals surface area (Å²) >= 11 is 7.40. The fourth-order valence-electron chi connectivity index (χ4n) is 3.84. The Kier molecular flexibility index (Phi) is 3.80. The molecular weight excluding hydrogens is 360 g/mol. The summed E-state index contributed by atoms with van der Waals surface area (Å²) in [5.41, 5.74) is 0.989. The van der Waals surface area contributed by atoms with Crippen LogP contribution in [-0.2, 0) is 27.4 Å². The van der Waals surface area contributed by atoms with Crippen LogP contribution in [0.15, 0.2) is 11.1 Å². The van der Waals surface area contributed by atoms with E-state index in [0.717, 1.165) is 10.4 Å². The molecule has 3 aliphatic rings. The standard InChI is InChI=1S/C18H17ClN2O3S/c1-18(2)6-12-13(7-20)17(25-14(12)8-24-18)21-15(22)10-4-3-9(19)5-11(10)16(21)23/h3,10-11H,4-6,8H2,1-2H3/t10-,11+/m1/s1. The molecular formula is C18H17ClN2O3S. The highest BCUT2D eigenvalue weighted by Crippen LogP contribution is 2.47. The van der Waals surface area contributed by atoms with E-state index in [9.17, 15) is 14.9 Å². The first-order valence-electron chi connectivity index (χ1n) is 8.23. The quantitative estimate of drug-likeness (QED) is 0.703. The van der Waals surface area contributed by atoms with Crippen molar-refractivity contribution in [1.82, 2.24) is 0 Å². The Morgan fingerprint density at radius 2 is 2.08 bits per heavy atom. The molecule has 2 atom stereocenters. The molecule has 2 amide bonds. The van der Waals surface area contributed by atoms with Crippen LogP contribution in [0.3, 0.4) is 0 Å². The summed E-state index contributed by atoms with van der Waals surface area (Å²) < 4.78 is 5.82. The topological polar surface area (TPSA) is 70.4 Å². The normalized spacial score (nSPS) is 27.6. The minimum Gasteiger partial charge on any atom is -0.370 e. The number of rotatable bonds is 1. The number of thiophene rings is 1. The summed E-state index contributed by atoms with van der Waals surface area (Å²) in [6, 6.07) is 2.22. The van der Waals surface area contributed by atoms with Gasteiger partial charge in [-0.25, -0.2) is 4.90 Å².